The van der Waals surface area contributed by atoms with E-state index in [1.54, 1.807) is 0 Å². The van der Waals surface area contributed by atoms with Crippen LogP contribution in [0.25, 0.3) is 0 Å². The Bertz CT molecular complexity index is 1360. The van der Waals surface area contributed by atoms with Crippen LogP contribution in [-0.2, 0) is 28.6 Å². The summed E-state index contributed by atoms with van der Waals surface area (Å²) in [5.41, 5.74) is 0. The van der Waals surface area contributed by atoms with Crippen molar-refractivity contribution in [1.29, 1.82) is 0 Å². The van der Waals surface area contributed by atoms with Gasteiger partial charge in [-0.3, -0.25) is 14.4 Å². The van der Waals surface area contributed by atoms with Gasteiger partial charge in [-0.2, -0.15) is 0 Å². The van der Waals surface area contributed by atoms with E-state index in [-0.39, 0.29) is 31.1 Å². The molecule has 0 aliphatic heterocycles. The minimum Gasteiger partial charge on any atom is -0.462 e. The molecular weight excluding hydrogens is 841 g/mol. The van der Waals surface area contributed by atoms with Crippen LogP contribution in [0.3, 0.4) is 0 Å². The highest BCUT2D eigenvalue weighted by Gasteiger charge is 2.19. The minimum atomic E-state index is -0.783. The van der Waals surface area contributed by atoms with E-state index in [4.69, 9.17) is 14.2 Å². The molecule has 0 heterocycles. The fourth-order valence-electron chi connectivity index (χ4n) is 7.59. The van der Waals surface area contributed by atoms with Crippen LogP contribution in [-0.4, -0.2) is 37.2 Å². The van der Waals surface area contributed by atoms with Crippen molar-refractivity contribution < 1.29 is 28.6 Å². The highest BCUT2D eigenvalue weighted by atomic mass is 16.6. The summed E-state index contributed by atoms with van der Waals surface area (Å²) < 4.78 is 16.8. The van der Waals surface area contributed by atoms with Gasteiger partial charge in [-0.1, -0.05) is 234 Å². The molecule has 68 heavy (non-hydrogen) atoms. The second-order valence-electron chi connectivity index (χ2n) is 18.5. The highest BCUT2D eigenvalue weighted by molar-refractivity contribution is 5.71. The van der Waals surface area contributed by atoms with Crippen LogP contribution < -0.4 is 0 Å². The Balaban J connectivity index is 4.21. The molecule has 1 atom stereocenters. The summed E-state index contributed by atoms with van der Waals surface area (Å²) >= 11 is 0. The Morgan fingerprint density at radius 3 is 0.926 bits per heavy atom. The van der Waals surface area contributed by atoms with E-state index in [0.717, 1.165) is 122 Å². The number of carbonyl (C=O) groups excluding carboxylic acids is 3. The van der Waals surface area contributed by atoms with Crippen molar-refractivity contribution in [2.45, 2.75) is 264 Å². The summed E-state index contributed by atoms with van der Waals surface area (Å²) in [7, 11) is 0. The Labute approximate surface area is 419 Å². The number of hydrogen-bond donors (Lipinski definition) is 0. The molecule has 0 saturated carbocycles. The lowest BCUT2D eigenvalue weighted by molar-refractivity contribution is -0.167. The van der Waals surface area contributed by atoms with Crippen molar-refractivity contribution in [1.82, 2.24) is 0 Å². The van der Waals surface area contributed by atoms with Crippen LogP contribution in [0.2, 0.25) is 0 Å². The Kier molecular flexibility index (Phi) is 52.9. The van der Waals surface area contributed by atoms with Crippen molar-refractivity contribution >= 4 is 17.9 Å². The first-order chi connectivity index (χ1) is 33.5. The first-order valence-electron chi connectivity index (χ1n) is 28.2. The largest absolute Gasteiger partial charge is 0.462 e. The second kappa shape index (κ2) is 55.9. The lowest BCUT2D eigenvalue weighted by Gasteiger charge is -2.18. The summed E-state index contributed by atoms with van der Waals surface area (Å²) in [6.07, 6.45) is 74.1. The van der Waals surface area contributed by atoms with Gasteiger partial charge in [0, 0.05) is 19.3 Å². The molecule has 1 unspecified atom stereocenters. The van der Waals surface area contributed by atoms with Gasteiger partial charge >= 0.3 is 17.9 Å². The fraction of sp³-hybridized carbons (Fsp3) is 0.694. The van der Waals surface area contributed by atoms with Gasteiger partial charge in [0.05, 0.1) is 0 Å². The van der Waals surface area contributed by atoms with E-state index in [1.165, 1.54) is 96.3 Å². The lowest BCUT2D eigenvalue weighted by Crippen LogP contribution is -2.30. The SMILES string of the molecule is CC/C=C\C/C=C\C/C=C\C/C=C\C/C=C\C/C=C\C/C=C\CCCCCCCCCC(=O)OCC(COC(=O)CCCCCCCCCC)OC(=O)CCCCCCC/C=C\CCCCCC. The number of rotatable bonds is 50. The Morgan fingerprint density at radius 2 is 0.574 bits per heavy atom. The average Bonchev–Trinajstić information content (AvgIpc) is 3.34. The second-order valence-corrected chi connectivity index (χ2v) is 18.5. The summed E-state index contributed by atoms with van der Waals surface area (Å²) in [5, 5.41) is 0. The van der Waals surface area contributed by atoms with Crippen LogP contribution in [0.1, 0.15) is 258 Å². The normalized spacial score (nSPS) is 12.8. The maximum absolute atomic E-state index is 12.8. The average molecular weight is 946 g/mol. The molecule has 0 aromatic rings. The molecule has 0 aromatic heterocycles. The fourth-order valence-corrected chi connectivity index (χ4v) is 7.59. The molecule has 0 bridgehead atoms. The maximum atomic E-state index is 12.8. The number of ether oxygens (including phenoxy) is 3. The smallest absolute Gasteiger partial charge is 0.306 e. The third kappa shape index (κ3) is 53.3. The van der Waals surface area contributed by atoms with Crippen LogP contribution >= 0.6 is 0 Å². The quantitative estimate of drug-likeness (QED) is 0.0262. The number of unbranched alkanes of at least 4 members (excludes halogenated alkanes) is 23. The van der Waals surface area contributed by atoms with Gasteiger partial charge in [0.2, 0.25) is 0 Å². The first-order valence-corrected chi connectivity index (χ1v) is 28.2. The number of allylic oxidation sites excluding steroid dienone is 16. The zero-order valence-electron chi connectivity index (χ0n) is 44.3. The molecule has 0 fully saturated rings. The molecule has 0 aromatic carbocycles. The third-order valence-electron chi connectivity index (χ3n) is 11.8. The molecule has 6 heteroatoms. The molecule has 388 valence electrons. The Hall–Kier alpha value is -3.67. The zero-order chi connectivity index (χ0) is 49.3. The van der Waals surface area contributed by atoms with Crippen molar-refractivity contribution in [3.63, 3.8) is 0 Å². The molecule has 0 N–H and O–H groups in total. The van der Waals surface area contributed by atoms with E-state index in [0.29, 0.717) is 19.3 Å². The predicted molar refractivity (Wildman–Crippen MR) is 293 cm³/mol. The van der Waals surface area contributed by atoms with Gasteiger partial charge in [0.25, 0.3) is 0 Å². The lowest BCUT2D eigenvalue weighted by atomic mass is 10.1. The maximum Gasteiger partial charge on any atom is 0.306 e. The van der Waals surface area contributed by atoms with Crippen LogP contribution in [0, 0.1) is 0 Å². The van der Waals surface area contributed by atoms with Crippen LogP contribution in [0.5, 0.6) is 0 Å². The summed E-state index contributed by atoms with van der Waals surface area (Å²) in [6.45, 7) is 6.46. The molecule has 0 amide bonds. The van der Waals surface area contributed by atoms with E-state index in [1.807, 2.05) is 0 Å². The summed E-state index contributed by atoms with van der Waals surface area (Å²) in [6, 6.07) is 0. The standard InChI is InChI=1S/C62H104O6/c1-4-7-10-13-16-19-21-23-24-25-26-27-28-29-30-31-32-33-34-35-36-37-38-40-41-43-46-49-52-55-61(64)67-58-59(57-66-60(63)54-51-48-45-18-15-12-9-6-3)68-62(65)56-53-50-47-44-42-39-22-20-17-14-11-8-5-2/h7,10,16,19-20,22-24,26-27,29-30,32-33,35-36,59H,4-6,8-9,11-15,17-18,21,25,28,31,34,37-58H2,1-3H3/b10-7-,19-16-,22-20-,24-23-,27-26-,30-29-,33-32-,36-35-. The number of carbonyl (C=O) groups is 3. The van der Waals surface area contributed by atoms with E-state index >= 15 is 0 Å². The van der Waals surface area contributed by atoms with E-state index in [9.17, 15) is 14.4 Å². The van der Waals surface area contributed by atoms with E-state index < -0.39 is 6.10 Å². The summed E-state index contributed by atoms with van der Waals surface area (Å²) in [5.74, 6) is -0.908. The summed E-state index contributed by atoms with van der Waals surface area (Å²) in [4.78, 5) is 37.9. The van der Waals surface area contributed by atoms with Gasteiger partial charge < -0.3 is 14.2 Å². The molecule has 0 aliphatic rings. The van der Waals surface area contributed by atoms with Crippen LogP contribution in [0.15, 0.2) is 97.2 Å². The molecule has 0 radical (unpaired) electrons. The first kappa shape index (κ1) is 64.3. The Morgan fingerprint density at radius 1 is 0.309 bits per heavy atom. The molecule has 0 rings (SSSR count). The topological polar surface area (TPSA) is 78.9 Å². The van der Waals surface area contributed by atoms with Gasteiger partial charge in [-0.15, -0.1) is 0 Å². The van der Waals surface area contributed by atoms with Crippen molar-refractivity contribution in [3.8, 4) is 0 Å². The molecular formula is C62H104O6. The number of esters is 3. The van der Waals surface area contributed by atoms with Crippen molar-refractivity contribution in [2.24, 2.45) is 0 Å². The molecule has 6 nitrogen and oxygen atoms in total. The molecule has 0 aliphatic carbocycles. The van der Waals surface area contributed by atoms with Gasteiger partial charge in [-0.05, 0) is 103 Å². The van der Waals surface area contributed by atoms with Crippen molar-refractivity contribution in [2.75, 3.05) is 13.2 Å². The van der Waals surface area contributed by atoms with Crippen LogP contribution in [0.4, 0.5) is 0 Å². The van der Waals surface area contributed by atoms with Crippen molar-refractivity contribution in [3.05, 3.63) is 97.2 Å². The number of hydrogen-bond acceptors (Lipinski definition) is 6. The monoisotopic (exact) mass is 945 g/mol. The van der Waals surface area contributed by atoms with E-state index in [2.05, 4.69) is 118 Å². The van der Waals surface area contributed by atoms with Gasteiger partial charge in [0.15, 0.2) is 6.10 Å². The zero-order valence-corrected chi connectivity index (χ0v) is 44.3. The molecule has 0 saturated heterocycles. The predicted octanol–water partition coefficient (Wildman–Crippen LogP) is 18.9. The third-order valence-corrected chi connectivity index (χ3v) is 11.8. The minimum absolute atomic E-state index is 0.0831. The molecule has 0 spiro atoms. The van der Waals surface area contributed by atoms with Gasteiger partial charge in [0.1, 0.15) is 13.2 Å². The van der Waals surface area contributed by atoms with Gasteiger partial charge in [-0.25, -0.2) is 0 Å². The highest BCUT2D eigenvalue weighted by Crippen LogP contribution is 2.14.